The van der Waals surface area contributed by atoms with Crippen LogP contribution in [0.25, 0.3) is 0 Å². The van der Waals surface area contributed by atoms with Crippen LogP contribution in [-0.2, 0) is 4.74 Å². The summed E-state index contributed by atoms with van der Waals surface area (Å²) in [6.45, 7) is 7.59. The molecule has 1 rings (SSSR count). The number of benzene rings is 1. The first-order valence-corrected chi connectivity index (χ1v) is 5.73. The fourth-order valence-corrected chi connectivity index (χ4v) is 1.28. The molecule has 0 radical (unpaired) electrons. The summed E-state index contributed by atoms with van der Waals surface area (Å²) in [5.74, 6) is -0.383. The van der Waals surface area contributed by atoms with Crippen LogP contribution in [0.5, 0.6) is 0 Å². The molecule has 1 aromatic rings. The Morgan fingerprint density at radius 2 is 1.94 bits per heavy atom. The van der Waals surface area contributed by atoms with E-state index in [1.54, 1.807) is 12.1 Å². The minimum atomic E-state index is -0.657. The highest BCUT2D eigenvalue weighted by Crippen LogP contribution is 2.19. The monoisotopic (exact) mass is 236 g/mol. The summed E-state index contributed by atoms with van der Waals surface area (Å²) in [7, 11) is 0. The molecular weight excluding hydrogens is 216 g/mol. The zero-order valence-corrected chi connectivity index (χ0v) is 10.9. The van der Waals surface area contributed by atoms with Crippen molar-refractivity contribution in [2.45, 2.75) is 33.8 Å². The minimum absolute atomic E-state index is 0.0245. The third kappa shape index (κ3) is 3.86. The second-order valence-electron chi connectivity index (χ2n) is 5.30. The van der Waals surface area contributed by atoms with Crippen molar-refractivity contribution in [2.75, 3.05) is 6.61 Å². The number of ether oxygens (including phenoxy) is 1. The highest BCUT2D eigenvalue weighted by Gasteiger charge is 2.23. The van der Waals surface area contributed by atoms with Crippen LogP contribution in [-0.4, -0.2) is 23.8 Å². The van der Waals surface area contributed by atoms with Gasteiger partial charge in [0.15, 0.2) is 0 Å². The van der Waals surface area contributed by atoms with E-state index in [0.717, 1.165) is 5.56 Å². The van der Waals surface area contributed by atoms with Crippen LogP contribution in [0.2, 0.25) is 0 Å². The molecule has 3 nitrogen and oxygen atoms in total. The van der Waals surface area contributed by atoms with Crippen molar-refractivity contribution in [3.05, 3.63) is 35.4 Å². The van der Waals surface area contributed by atoms with Crippen molar-refractivity contribution >= 4 is 5.97 Å². The Kier molecular flexibility index (Phi) is 4.29. The van der Waals surface area contributed by atoms with Crippen LogP contribution in [0.4, 0.5) is 0 Å². The van der Waals surface area contributed by atoms with Crippen molar-refractivity contribution < 1.29 is 14.6 Å². The van der Waals surface area contributed by atoms with Crippen molar-refractivity contribution in [2.24, 2.45) is 5.41 Å². The van der Waals surface area contributed by atoms with Crippen LogP contribution < -0.4 is 0 Å². The quantitative estimate of drug-likeness (QED) is 0.820. The van der Waals surface area contributed by atoms with E-state index in [2.05, 4.69) is 0 Å². The maximum absolute atomic E-state index is 11.8. The highest BCUT2D eigenvalue weighted by atomic mass is 16.5. The van der Waals surface area contributed by atoms with Gasteiger partial charge in [-0.1, -0.05) is 39.0 Å². The standard InChI is InChI=1S/C14H20O3/c1-10-7-5-6-8-11(10)13(16)17-9-12(15)14(2,3)4/h5-8,12,15H,9H2,1-4H3/t12-/m0/s1. The fraction of sp³-hybridized carbons (Fsp3) is 0.500. The summed E-state index contributed by atoms with van der Waals surface area (Å²) < 4.78 is 5.11. The van der Waals surface area contributed by atoms with Crippen LogP contribution in [0.3, 0.4) is 0 Å². The Bertz CT molecular complexity index is 391. The molecular formula is C14H20O3. The van der Waals surface area contributed by atoms with Crippen LogP contribution >= 0.6 is 0 Å². The van der Waals surface area contributed by atoms with Crippen LogP contribution in [0, 0.1) is 12.3 Å². The van der Waals surface area contributed by atoms with Crippen molar-refractivity contribution in [3.8, 4) is 0 Å². The Morgan fingerprint density at radius 1 is 1.35 bits per heavy atom. The number of hydrogen-bond donors (Lipinski definition) is 1. The second kappa shape index (κ2) is 5.32. The van der Waals surface area contributed by atoms with Gasteiger partial charge < -0.3 is 9.84 Å². The molecule has 0 heterocycles. The molecule has 94 valence electrons. The van der Waals surface area contributed by atoms with Crippen LogP contribution in [0.15, 0.2) is 24.3 Å². The predicted octanol–water partition coefficient (Wildman–Crippen LogP) is 2.56. The van der Waals surface area contributed by atoms with Gasteiger partial charge in [-0.25, -0.2) is 4.79 Å². The first-order valence-electron chi connectivity index (χ1n) is 5.73. The lowest BCUT2D eigenvalue weighted by atomic mass is 9.90. The average Bonchev–Trinajstić information content (AvgIpc) is 2.24. The largest absolute Gasteiger partial charge is 0.459 e. The number of carbonyl (C=O) groups excluding carboxylic acids is 1. The first-order chi connectivity index (χ1) is 7.82. The summed E-state index contributed by atoms with van der Waals surface area (Å²) in [5, 5.41) is 9.77. The fourth-order valence-electron chi connectivity index (χ4n) is 1.28. The molecule has 3 heteroatoms. The molecule has 1 aromatic carbocycles. The van der Waals surface area contributed by atoms with E-state index in [9.17, 15) is 9.90 Å². The van der Waals surface area contributed by atoms with Gasteiger partial charge in [0.05, 0.1) is 11.7 Å². The lowest BCUT2D eigenvalue weighted by molar-refractivity contribution is -0.0104. The van der Waals surface area contributed by atoms with Gasteiger partial charge in [0, 0.05) is 0 Å². The topological polar surface area (TPSA) is 46.5 Å². The van der Waals surface area contributed by atoms with E-state index in [0.29, 0.717) is 5.56 Å². The highest BCUT2D eigenvalue weighted by molar-refractivity contribution is 5.90. The zero-order chi connectivity index (χ0) is 13.1. The number of esters is 1. The minimum Gasteiger partial charge on any atom is -0.459 e. The van der Waals surface area contributed by atoms with E-state index >= 15 is 0 Å². The van der Waals surface area contributed by atoms with Crippen molar-refractivity contribution in [3.63, 3.8) is 0 Å². The van der Waals surface area contributed by atoms with Gasteiger partial charge in [-0.2, -0.15) is 0 Å². The normalized spacial score (nSPS) is 13.2. The lowest BCUT2D eigenvalue weighted by Gasteiger charge is -2.25. The maximum atomic E-state index is 11.8. The van der Waals surface area contributed by atoms with Gasteiger partial charge in [-0.3, -0.25) is 0 Å². The molecule has 0 amide bonds. The van der Waals surface area contributed by atoms with Gasteiger partial charge in [-0.15, -0.1) is 0 Å². The molecule has 0 aliphatic rings. The molecule has 0 aliphatic carbocycles. The van der Waals surface area contributed by atoms with Crippen molar-refractivity contribution in [1.82, 2.24) is 0 Å². The zero-order valence-electron chi connectivity index (χ0n) is 10.9. The summed E-state index contributed by atoms with van der Waals surface area (Å²) in [6.07, 6.45) is -0.657. The maximum Gasteiger partial charge on any atom is 0.338 e. The van der Waals surface area contributed by atoms with Crippen LogP contribution in [0.1, 0.15) is 36.7 Å². The summed E-state index contributed by atoms with van der Waals surface area (Å²) in [5.41, 5.74) is 1.14. The van der Waals surface area contributed by atoms with Gasteiger partial charge in [0.25, 0.3) is 0 Å². The summed E-state index contributed by atoms with van der Waals surface area (Å²) in [6, 6.07) is 7.25. The van der Waals surface area contributed by atoms with Gasteiger partial charge in [0.2, 0.25) is 0 Å². The summed E-state index contributed by atoms with van der Waals surface area (Å²) >= 11 is 0. The van der Waals surface area contributed by atoms with E-state index in [1.807, 2.05) is 39.8 Å². The molecule has 0 saturated heterocycles. The van der Waals surface area contributed by atoms with E-state index in [-0.39, 0.29) is 18.0 Å². The molecule has 0 fully saturated rings. The van der Waals surface area contributed by atoms with Crippen molar-refractivity contribution in [1.29, 1.82) is 0 Å². The van der Waals surface area contributed by atoms with E-state index < -0.39 is 6.10 Å². The van der Waals surface area contributed by atoms with E-state index in [1.165, 1.54) is 0 Å². The number of rotatable bonds is 3. The molecule has 0 saturated carbocycles. The molecule has 17 heavy (non-hydrogen) atoms. The Hall–Kier alpha value is -1.35. The smallest absolute Gasteiger partial charge is 0.338 e. The number of aryl methyl sites for hydroxylation is 1. The Balaban J connectivity index is 2.60. The third-order valence-electron chi connectivity index (χ3n) is 2.74. The lowest BCUT2D eigenvalue weighted by Crippen LogP contribution is -2.31. The number of carbonyl (C=O) groups is 1. The second-order valence-corrected chi connectivity index (χ2v) is 5.30. The molecule has 0 aromatic heterocycles. The SMILES string of the molecule is Cc1ccccc1C(=O)OC[C@H](O)C(C)(C)C. The van der Waals surface area contributed by atoms with E-state index in [4.69, 9.17) is 4.74 Å². The first kappa shape index (κ1) is 13.7. The summed E-state index contributed by atoms with van der Waals surface area (Å²) in [4.78, 5) is 11.8. The Morgan fingerprint density at radius 3 is 2.47 bits per heavy atom. The molecule has 0 aliphatic heterocycles. The molecule has 1 N–H and O–H groups in total. The predicted molar refractivity (Wildman–Crippen MR) is 66.9 cm³/mol. The van der Waals surface area contributed by atoms with Gasteiger partial charge in [-0.05, 0) is 24.0 Å². The number of aliphatic hydroxyl groups is 1. The molecule has 0 bridgehead atoms. The molecule has 0 spiro atoms. The Labute approximate surface area is 102 Å². The number of aliphatic hydroxyl groups excluding tert-OH is 1. The number of hydrogen-bond acceptors (Lipinski definition) is 3. The third-order valence-corrected chi connectivity index (χ3v) is 2.74. The molecule has 0 unspecified atom stereocenters. The molecule has 1 atom stereocenters. The average molecular weight is 236 g/mol. The van der Waals surface area contributed by atoms with Gasteiger partial charge >= 0.3 is 5.97 Å². The van der Waals surface area contributed by atoms with Gasteiger partial charge in [0.1, 0.15) is 6.61 Å².